The summed E-state index contributed by atoms with van der Waals surface area (Å²) < 4.78 is 0. The number of carbonyl (C=O) groups excluding carboxylic acids is 1. The molecule has 1 atom stereocenters. The van der Waals surface area contributed by atoms with Gasteiger partial charge in [-0.1, -0.05) is 23.7 Å². The SMILES string of the molecule is CN=C(NCCCN1CCCC(C(N)=O)C1)N1CCN(c2ccccc2Cl)CC1. The van der Waals surface area contributed by atoms with Crippen LogP contribution in [0.3, 0.4) is 0 Å². The fourth-order valence-electron chi connectivity index (χ4n) is 4.19. The molecule has 160 valence electrons. The minimum atomic E-state index is -0.163. The third kappa shape index (κ3) is 6.00. The van der Waals surface area contributed by atoms with Gasteiger partial charge in [-0.05, 0) is 44.5 Å². The number of hydrogen-bond donors (Lipinski definition) is 2. The maximum atomic E-state index is 11.4. The molecule has 0 bridgehead atoms. The van der Waals surface area contributed by atoms with Crippen LogP contribution in [-0.4, -0.2) is 81.1 Å². The third-order valence-electron chi connectivity index (χ3n) is 5.83. The van der Waals surface area contributed by atoms with Crippen molar-refractivity contribution >= 4 is 29.2 Å². The average molecular weight is 421 g/mol. The molecule has 0 spiro atoms. The second-order valence-corrected chi connectivity index (χ2v) is 8.20. The molecule has 2 heterocycles. The van der Waals surface area contributed by atoms with Crippen LogP contribution in [0.1, 0.15) is 19.3 Å². The summed E-state index contributed by atoms with van der Waals surface area (Å²) in [5.74, 6) is 0.806. The van der Waals surface area contributed by atoms with Crippen LogP contribution >= 0.6 is 11.6 Å². The number of hydrogen-bond acceptors (Lipinski definition) is 4. The van der Waals surface area contributed by atoms with Crippen LogP contribution in [0.25, 0.3) is 0 Å². The standard InChI is InChI=1S/C21H33ClN6O/c1-24-21(25-9-5-11-26-10-4-6-17(16-26)20(23)29)28-14-12-27(13-15-28)19-8-3-2-7-18(19)22/h2-3,7-8,17H,4-6,9-16H2,1H3,(H2,23,29)(H,24,25). The fourth-order valence-corrected chi connectivity index (χ4v) is 4.45. The number of likely N-dealkylation sites (tertiary alicyclic amines) is 1. The van der Waals surface area contributed by atoms with E-state index in [2.05, 4.69) is 31.1 Å². The normalized spacial score (nSPS) is 21.3. The molecule has 1 unspecified atom stereocenters. The number of amides is 1. The first-order chi connectivity index (χ1) is 14.1. The van der Waals surface area contributed by atoms with Gasteiger partial charge in [-0.2, -0.15) is 0 Å². The number of carbonyl (C=O) groups is 1. The Hall–Kier alpha value is -1.99. The predicted molar refractivity (Wildman–Crippen MR) is 120 cm³/mol. The number of guanidine groups is 1. The number of nitrogens with one attached hydrogen (secondary N) is 1. The van der Waals surface area contributed by atoms with E-state index in [4.69, 9.17) is 17.3 Å². The zero-order valence-electron chi connectivity index (χ0n) is 17.3. The summed E-state index contributed by atoms with van der Waals surface area (Å²) in [4.78, 5) is 22.9. The van der Waals surface area contributed by atoms with Crippen LogP contribution in [0, 0.1) is 5.92 Å². The van der Waals surface area contributed by atoms with Crippen LogP contribution in [-0.2, 0) is 4.79 Å². The second-order valence-electron chi connectivity index (χ2n) is 7.80. The van der Waals surface area contributed by atoms with Gasteiger partial charge in [0, 0.05) is 46.3 Å². The van der Waals surface area contributed by atoms with Crippen molar-refractivity contribution in [3.8, 4) is 0 Å². The van der Waals surface area contributed by atoms with Crippen LogP contribution < -0.4 is 16.0 Å². The molecule has 2 fully saturated rings. The van der Waals surface area contributed by atoms with Gasteiger partial charge in [-0.3, -0.25) is 9.79 Å². The number of piperidine rings is 1. The van der Waals surface area contributed by atoms with Crippen LogP contribution in [0.4, 0.5) is 5.69 Å². The Bertz CT molecular complexity index is 704. The first-order valence-electron chi connectivity index (χ1n) is 10.5. The molecule has 3 rings (SSSR count). The molecule has 1 aromatic rings. The Labute approximate surface area is 178 Å². The van der Waals surface area contributed by atoms with E-state index in [1.807, 2.05) is 25.2 Å². The zero-order chi connectivity index (χ0) is 20.6. The van der Waals surface area contributed by atoms with Crippen molar-refractivity contribution in [2.75, 3.05) is 64.3 Å². The smallest absolute Gasteiger partial charge is 0.221 e. The van der Waals surface area contributed by atoms with Crippen molar-refractivity contribution in [2.24, 2.45) is 16.6 Å². The van der Waals surface area contributed by atoms with Crippen molar-refractivity contribution < 1.29 is 4.79 Å². The molecule has 3 N–H and O–H groups in total. The molecule has 2 aliphatic heterocycles. The lowest BCUT2D eigenvalue weighted by atomic mass is 9.97. The Balaban J connectivity index is 1.39. The minimum Gasteiger partial charge on any atom is -0.369 e. The molecule has 1 aromatic carbocycles. The van der Waals surface area contributed by atoms with Crippen LogP contribution in [0.2, 0.25) is 5.02 Å². The number of aliphatic imine (C=N–C) groups is 1. The van der Waals surface area contributed by atoms with E-state index >= 15 is 0 Å². The van der Waals surface area contributed by atoms with Crippen molar-refractivity contribution in [3.63, 3.8) is 0 Å². The summed E-state index contributed by atoms with van der Waals surface area (Å²) in [5, 5.41) is 4.30. The molecule has 7 nitrogen and oxygen atoms in total. The molecule has 0 saturated carbocycles. The van der Waals surface area contributed by atoms with E-state index in [9.17, 15) is 4.79 Å². The Morgan fingerprint density at radius 3 is 2.69 bits per heavy atom. The molecule has 8 heteroatoms. The number of nitrogens with two attached hydrogens (primary N) is 1. The molecule has 29 heavy (non-hydrogen) atoms. The number of primary amides is 1. The lowest BCUT2D eigenvalue weighted by Gasteiger charge is -2.38. The monoisotopic (exact) mass is 420 g/mol. The van der Waals surface area contributed by atoms with E-state index in [0.29, 0.717) is 0 Å². The number of halogens is 1. The number of nitrogens with zero attached hydrogens (tertiary/aromatic N) is 4. The predicted octanol–water partition coefficient (Wildman–Crippen LogP) is 1.62. The molecular weight excluding hydrogens is 388 g/mol. The highest BCUT2D eigenvalue weighted by Gasteiger charge is 2.24. The van der Waals surface area contributed by atoms with Gasteiger partial charge in [0.2, 0.25) is 5.91 Å². The summed E-state index contributed by atoms with van der Waals surface area (Å²) >= 11 is 6.34. The van der Waals surface area contributed by atoms with Gasteiger partial charge in [0.15, 0.2) is 5.96 Å². The Morgan fingerprint density at radius 2 is 2.00 bits per heavy atom. The van der Waals surface area contributed by atoms with Crippen molar-refractivity contribution in [2.45, 2.75) is 19.3 Å². The zero-order valence-corrected chi connectivity index (χ0v) is 18.1. The average Bonchev–Trinajstić information content (AvgIpc) is 2.75. The van der Waals surface area contributed by atoms with Gasteiger partial charge >= 0.3 is 0 Å². The van der Waals surface area contributed by atoms with E-state index in [1.165, 1.54) is 0 Å². The van der Waals surface area contributed by atoms with Gasteiger partial charge in [0.05, 0.1) is 16.6 Å². The van der Waals surface area contributed by atoms with Crippen molar-refractivity contribution in [1.82, 2.24) is 15.1 Å². The van der Waals surface area contributed by atoms with Crippen molar-refractivity contribution in [1.29, 1.82) is 0 Å². The number of benzene rings is 1. The van der Waals surface area contributed by atoms with Gasteiger partial charge in [0.25, 0.3) is 0 Å². The summed E-state index contributed by atoms with van der Waals surface area (Å²) in [5.41, 5.74) is 6.57. The first kappa shape index (κ1) is 21.7. The first-order valence-corrected chi connectivity index (χ1v) is 10.9. The second kappa shape index (κ2) is 10.7. The molecule has 2 saturated heterocycles. The summed E-state index contributed by atoms with van der Waals surface area (Å²) in [6.07, 6.45) is 3.00. The molecule has 1 amide bonds. The third-order valence-corrected chi connectivity index (χ3v) is 6.15. The minimum absolute atomic E-state index is 0.0129. The van der Waals surface area contributed by atoms with E-state index in [1.54, 1.807) is 0 Å². The molecular formula is C21H33ClN6O. The maximum Gasteiger partial charge on any atom is 0.221 e. The number of piperazine rings is 1. The summed E-state index contributed by atoms with van der Waals surface area (Å²) in [6, 6.07) is 8.01. The Kier molecular flexibility index (Phi) is 8.00. The highest BCUT2D eigenvalue weighted by molar-refractivity contribution is 6.33. The van der Waals surface area contributed by atoms with E-state index in [0.717, 1.165) is 88.3 Å². The molecule has 0 aromatic heterocycles. The lowest BCUT2D eigenvalue weighted by molar-refractivity contribution is -0.123. The lowest BCUT2D eigenvalue weighted by Crippen LogP contribution is -2.53. The van der Waals surface area contributed by atoms with E-state index in [-0.39, 0.29) is 11.8 Å². The van der Waals surface area contributed by atoms with E-state index < -0.39 is 0 Å². The number of para-hydroxylation sites is 1. The number of anilines is 1. The molecule has 0 radical (unpaired) electrons. The quantitative estimate of drug-likeness (QED) is 0.415. The van der Waals surface area contributed by atoms with Crippen LogP contribution in [0.15, 0.2) is 29.3 Å². The fraction of sp³-hybridized carbons (Fsp3) is 0.619. The maximum absolute atomic E-state index is 11.4. The topological polar surface area (TPSA) is 77.2 Å². The highest BCUT2D eigenvalue weighted by Crippen LogP contribution is 2.26. The van der Waals surface area contributed by atoms with Crippen molar-refractivity contribution in [3.05, 3.63) is 29.3 Å². The van der Waals surface area contributed by atoms with Gasteiger partial charge in [0.1, 0.15) is 0 Å². The van der Waals surface area contributed by atoms with Gasteiger partial charge in [-0.25, -0.2) is 0 Å². The van der Waals surface area contributed by atoms with Crippen LogP contribution in [0.5, 0.6) is 0 Å². The van der Waals surface area contributed by atoms with Gasteiger partial charge in [-0.15, -0.1) is 0 Å². The molecule has 2 aliphatic rings. The molecule has 0 aliphatic carbocycles. The summed E-state index contributed by atoms with van der Waals surface area (Å²) in [6.45, 7) is 7.38. The largest absolute Gasteiger partial charge is 0.369 e. The highest BCUT2D eigenvalue weighted by atomic mass is 35.5. The Morgan fingerprint density at radius 1 is 1.24 bits per heavy atom. The summed E-state index contributed by atoms with van der Waals surface area (Å²) in [7, 11) is 1.84. The van der Waals surface area contributed by atoms with Gasteiger partial charge < -0.3 is 25.8 Å². The number of rotatable bonds is 6.